The number of H-pyrrole nitrogens is 1. The van der Waals surface area contributed by atoms with Crippen LogP contribution in [0.4, 0.5) is 0 Å². The molecule has 6 nitrogen and oxygen atoms in total. The zero-order valence-corrected chi connectivity index (χ0v) is 17.8. The van der Waals surface area contributed by atoms with Gasteiger partial charge in [-0.05, 0) is 55.2 Å². The quantitative estimate of drug-likeness (QED) is 0.540. The van der Waals surface area contributed by atoms with E-state index in [1.807, 2.05) is 44.2 Å². The molecule has 0 aliphatic carbocycles. The minimum atomic E-state index is -0.342. The molecule has 0 saturated heterocycles. The van der Waals surface area contributed by atoms with Gasteiger partial charge < -0.3 is 15.1 Å². The number of aliphatic hydroxyl groups is 1. The van der Waals surface area contributed by atoms with E-state index in [0.29, 0.717) is 29.9 Å². The highest BCUT2D eigenvalue weighted by molar-refractivity contribution is 9.10. The molecule has 0 spiro atoms. The number of nitrogens with zero attached hydrogens (tertiary/aromatic N) is 2. The second-order valence-electron chi connectivity index (χ2n) is 7.37. The highest BCUT2D eigenvalue weighted by Gasteiger charge is 2.42. The number of hydrogen-bond donors (Lipinski definition) is 3. The Kier molecular flexibility index (Phi) is 5.19. The van der Waals surface area contributed by atoms with E-state index in [2.05, 4.69) is 26.1 Å². The van der Waals surface area contributed by atoms with E-state index in [1.54, 1.807) is 11.0 Å². The number of halogens is 1. The first-order valence-electron chi connectivity index (χ1n) is 9.48. The molecule has 7 heteroatoms. The molecule has 1 aliphatic rings. The smallest absolute Gasteiger partial charge is 0.273 e. The second kappa shape index (κ2) is 7.65. The summed E-state index contributed by atoms with van der Waals surface area (Å²) >= 11 is 3.46. The van der Waals surface area contributed by atoms with Gasteiger partial charge in [0.15, 0.2) is 0 Å². The van der Waals surface area contributed by atoms with Gasteiger partial charge in [-0.1, -0.05) is 34.1 Å². The molecule has 1 atom stereocenters. The van der Waals surface area contributed by atoms with Crippen molar-refractivity contribution in [1.82, 2.24) is 15.1 Å². The third kappa shape index (κ3) is 3.34. The molecule has 2 aromatic carbocycles. The van der Waals surface area contributed by atoms with Crippen LogP contribution in [0.5, 0.6) is 5.75 Å². The number of phenols is 1. The maximum absolute atomic E-state index is 13.1. The van der Waals surface area contributed by atoms with Crippen LogP contribution in [0.3, 0.4) is 0 Å². The van der Waals surface area contributed by atoms with Gasteiger partial charge in [-0.25, -0.2) is 0 Å². The van der Waals surface area contributed by atoms with E-state index in [9.17, 15) is 15.0 Å². The van der Waals surface area contributed by atoms with Crippen molar-refractivity contribution in [3.63, 3.8) is 0 Å². The molecule has 0 radical (unpaired) electrons. The molecular weight excluding hydrogens is 434 g/mol. The summed E-state index contributed by atoms with van der Waals surface area (Å²) in [4.78, 5) is 14.9. The fraction of sp³-hybridized carbons (Fsp3) is 0.273. The predicted octanol–water partition coefficient (Wildman–Crippen LogP) is 4.09. The average molecular weight is 456 g/mol. The summed E-state index contributed by atoms with van der Waals surface area (Å²) in [6.07, 6.45) is 0.487. The monoisotopic (exact) mass is 455 g/mol. The first-order valence-corrected chi connectivity index (χ1v) is 10.3. The van der Waals surface area contributed by atoms with E-state index < -0.39 is 0 Å². The second-order valence-corrected chi connectivity index (χ2v) is 8.28. The zero-order chi connectivity index (χ0) is 20.7. The van der Waals surface area contributed by atoms with Crippen molar-refractivity contribution in [1.29, 1.82) is 0 Å². The number of benzene rings is 2. The van der Waals surface area contributed by atoms with Crippen LogP contribution in [0.1, 0.15) is 45.2 Å². The third-order valence-corrected chi connectivity index (χ3v) is 5.83. The number of aromatic amines is 1. The molecule has 2 heterocycles. The Bertz CT molecular complexity index is 1050. The van der Waals surface area contributed by atoms with Gasteiger partial charge in [0.25, 0.3) is 5.91 Å². The first kappa shape index (κ1) is 19.7. The SMILES string of the molecule is Cc1cc(C)c(-c2n[nH]c3c2C(c2ccc(Br)cc2)N(CCCO)C3=O)c(O)c1. The number of nitrogens with one attached hydrogen (secondary N) is 1. The fourth-order valence-electron chi connectivity index (χ4n) is 4.10. The largest absolute Gasteiger partial charge is 0.507 e. The number of phenolic OH excluding ortho intramolecular Hbond substituents is 1. The summed E-state index contributed by atoms with van der Waals surface area (Å²) in [5, 5.41) is 27.3. The average Bonchev–Trinajstić information content (AvgIpc) is 3.20. The number of aromatic nitrogens is 2. The van der Waals surface area contributed by atoms with Gasteiger partial charge in [0.2, 0.25) is 0 Å². The van der Waals surface area contributed by atoms with Crippen LogP contribution in [0.2, 0.25) is 0 Å². The molecule has 3 aromatic rings. The molecule has 4 rings (SSSR count). The number of hydrogen-bond acceptors (Lipinski definition) is 4. The normalized spacial score (nSPS) is 15.8. The summed E-state index contributed by atoms with van der Waals surface area (Å²) in [7, 11) is 0. The topological polar surface area (TPSA) is 89.5 Å². The zero-order valence-electron chi connectivity index (χ0n) is 16.2. The summed E-state index contributed by atoms with van der Waals surface area (Å²) in [6, 6.07) is 11.2. The lowest BCUT2D eigenvalue weighted by atomic mass is 9.93. The lowest BCUT2D eigenvalue weighted by Crippen LogP contribution is -2.31. The lowest BCUT2D eigenvalue weighted by molar-refractivity contribution is 0.0732. The molecule has 29 heavy (non-hydrogen) atoms. The van der Waals surface area contributed by atoms with Crippen LogP contribution >= 0.6 is 15.9 Å². The third-order valence-electron chi connectivity index (χ3n) is 5.30. The van der Waals surface area contributed by atoms with Crippen molar-refractivity contribution in [3.8, 4) is 17.0 Å². The van der Waals surface area contributed by atoms with Crippen molar-refractivity contribution >= 4 is 21.8 Å². The van der Waals surface area contributed by atoms with Gasteiger partial charge in [-0.3, -0.25) is 9.89 Å². The van der Waals surface area contributed by atoms with Crippen LogP contribution in [0.25, 0.3) is 11.3 Å². The minimum Gasteiger partial charge on any atom is -0.507 e. The van der Waals surface area contributed by atoms with Gasteiger partial charge in [-0.2, -0.15) is 5.10 Å². The molecule has 1 unspecified atom stereocenters. The molecule has 3 N–H and O–H groups in total. The van der Waals surface area contributed by atoms with Crippen LogP contribution in [0, 0.1) is 13.8 Å². The highest BCUT2D eigenvalue weighted by atomic mass is 79.9. The Labute approximate surface area is 177 Å². The number of rotatable bonds is 5. The molecular formula is C22H22BrN3O3. The molecule has 0 saturated carbocycles. The van der Waals surface area contributed by atoms with Crippen LogP contribution in [-0.2, 0) is 0 Å². The Morgan fingerprint density at radius 2 is 1.93 bits per heavy atom. The maximum atomic E-state index is 13.1. The van der Waals surface area contributed by atoms with Crippen LogP contribution in [-0.4, -0.2) is 44.4 Å². The Morgan fingerprint density at radius 1 is 1.21 bits per heavy atom. The Hall–Kier alpha value is -2.64. The van der Waals surface area contributed by atoms with Crippen LogP contribution < -0.4 is 0 Å². The summed E-state index contributed by atoms with van der Waals surface area (Å²) in [6.45, 7) is 4.29. The minimum absolute atomic E-state index is 0.00768. The van der Waals surface area contributed by atoms with E-state index in [4.69, 9.17) is 0 Å². The van der Waals surface area contributed by atoms with Gasteiger partial charge in [-0.15, -0.1) is 0 Å². The van der Waals surface area contributed by atoms with E-state index in [1.165, 1.54) is 0 Å². The fourth-order valence-corrected chi connectivity index (χ4v) is 4.37. The van der Waals surface area contributed by atoms with Crippen LogP contribution in [0.15, 0.2) is 40.9 Å². The number of fused-ring (bicyclic) bond motifs is 1. The molecule has 0 fully saturated rings. The highest BCUT2D eigenvalue weighted by Crippen LogP contribution is 2.45. The van der Waals surface area contributed by atoms with E-state index in [-0.39, 0.29) is 24.3 Å². The maximum Gasteiger partial charge on any atom is 0.273 e. The summed E-state index contributed by atoms with van der Waals surface area (Å²) in [5.74, 6) is -0.00279. The molecule has 1 aliphatic heterocycles. The molecule has 0 bridgehead atoms. The molecule has 150 valence electrons. The van der Waals surface area contributed by atoms with Gasteiger partial charge in [0.05, 0.1) is 6.04 Å². The number of carbonyl (C=O) groups excluding carboxylic acids is 1. The summed E-state index contributed by atoms with van der Waals surface area (Å²) < 4.78 is 0.951. The van der Waals surface area contributed by atoms with E-state index in [0.717, 1.165) is 26.7 Å². The van der Waals surface area contributed by atoms with Crippen molar-refractivity contribution in [2.75, 3.05) is 13.2 Å². The molecule has 1 amide bonds. The Balaban J connectivity index is 1.91. The number of aryl methyl sites for hydroxylation is 2. The predicted molar refractivity (Wildman–Crippen MR) is 114 cm³/mol. The molecule has 1 aromatic heterocycles. The number of carbonyl (C=O) groups is 1. The number of amides is 1. The summed E-state index contributed by atoms with van der Waals surface area (Å²) in [5.41, 5.74) is 5.22. The van der Waals surface area contributed by atoms with Gasteiger partial charge in [0, 0.05) is 28.8 Å². The Morgan fingerprint density at radius 3 is 2.59 bits per heavy atom. The number of aromatic hydroxyl groups is 1. The van der Waals surface area contributed by atoms with Crippen molar-refractivity contribution < 1.29 is 15.0 Å². The number of aliphatic hydroxyl groups excluding tert-OH is 1. The van der Waals surface area contributed by atoms with Crippen molar-refractivity contribution in [2.45, 2.75) is 26.3 Å². The van der Waals surface area contributed by atoms with Gasteiger partial charge in [0.1, 0.15) is 17.1 Å². The first-order chi connectivity index (χ1) is 13.9. The lowest BCUT2D eigenvalue weighted by Gasteiger charge is -2.26. The standard InChI is InChI=1S/C22H22BrN3O3/c1-12-10-13(2)17(16(28)11-12)19-18-20(25-24-19)22(29)26(8-3-9-27)21(18)14-4-6-15(23)7-5-14/h4-7,10-11,21,27-28H,3,8-9H2,1-2H3,(H,24,25). The van der Waals surface area contributed by atoms with Crippen molar-refractivity contribution in [2.24, 2.45) is 0 Å². The van der Waals surface area contributed by atoms with Gasteiger partial charge >= 0.3 is 0 Å². The van der Waals surface area contributed by atoms with Crippen molar-refractivity contribution in [3.05, 3.63) is 68.8 Å². The van der Waals surface area contributed by atoms with E-state index >= 15 is 0 Å².